The number of barbiturate groups is 1. The number of benzene rings is 2. The molecule has 4 amide bonds. The van der Waals surface area contributed by atoms with Crippen molar-refractivity contribution in [1.82, 2.24) is 5.32 Å². The predicted octanol–water partition coefficient (Wildman–Crippen LogP) is 4.57. The summed E-state index contributed by atoms with van der Waals surface area (Å²) in [5, 5.41) is 2.71. The molecule has 0 atom stereocenters. The molecule has 0 unspecified atom stereocenters. The lowest BCUT2D eigenvalue weighted by Gasteiger charge is -2.26. The Bertz CT molecular complexity index is 1180. The van der Waals surface area contributed by atoms with Crippen LogP contribution in [-0.4, -0.2) is 17.8 Å². The highest BCUT2D eigenvalue weighted by Gasteiger charge is 2.37. The minimum Gasteiger partial charge on any atom is -0.457 e. The Morgan fingerprint density at radius 3 is 2.55 bits per heavy atom. The molecule has 1 aliphatic rings. The molecule has 1 saturated heterocycles. The van der Waals surface area contributed by atoms with E-state index in [-0.39, 0.29) is 11.3 Å². The number of amides is 4. The molecule has 0 bridgehead atoms. The van der Waals surface area contributed by atoms with Gasteiger partial charge in [0.2, 0.25) is 0 Å². The summed E-state index contributed by atoms with van der Waals surface area (Å²) in [4.78, 5) is 38.4. The molecular weight excluding hydrogens is 392 g/mol. The van der Waals surface area contributed by atoms with Crippen LogP contribution >= 0.6 is 11.6 Å². The summed E-state index contributed by atoms with van der Waals surface area (Å²) < 4.78 is 5.74. The lowest BCUT2D eigenvalue weighted by atomic mass is 10.1. The summed E-state index contributed by atoms with van der Waals surface area (Å²) in [6.07, 6.45) is 1.31. The maximum atomic E-state index is 12.9. The van der Waals surface area contributed by atoms with Crippen molar-refractivity contribution in [3.63, 3.8) is 0 Å². The van der Waals surface area contributed by atoms with Gasteiger partial charge in [0.15, 0.2) is 0 Å². The number of aryl methyl sites for hydroxylation is 1. The van der Waals surface area contributed by atoms with Crippen LogP contribution in [0.2, 0.25) is 5.02 Å². The molecule has 1 aromatic heterocycles. The minimum absolute atomic E-state index is 0.203. The van der Waals surface area contributed by atoms with Gasteiger partial charge in [0.1, 0.15) is 17.1 Å². The normalized spacial score (nSPS) is 15.7. The monoisotopic (exact) mass is 406 g/mol. The summed E-state index contributed by atoms with van der Waals surface area (Å²) in [5.74, 6) is -0.714. The second kappa shape index (κ2) is 7.41. The fraction of sp³-hybridized carbons (Fsp3) is 0.0455. The quantitative estimate of drug-likeness (QED) is 0.510. The third kappa shape index (κ3) is 3.58. The lowest BCUT2D eigenvalue weighted by molar-refractivity contribution is -0.122. The van der Waals surface area contributed by atoms with Crippen LogP contribution < -0.4 is 10.2 Å². The Morgan fingerprint density at radius 1 is 1.00 bits per heavy atom. The standard InChI is InChI=1S/C22H15ClN2O4/c1-13-5-4-6-14(11-13)25-21(27)17(20(26)24-22(25)28)12-15-9-10-19(29-15)16-7-2-3-8-18(16)23/h2-12H,1H3,(H,24,26,28)/b17-12+. The number of carbonyl (C=O) groups excluding carboxylic acids is 3. The second-order valence-corrected chi connectivity index (χ2v) is 6.89. The Labute approximate surface area is 171 Å². The van der Waals surface area contributed by atoms with Gasteiger partial charge < -0.3 is 4.42 Å². The van der Waals surface area contributed by atoms with E-state index in [1.807, 2.05) is 19.1 Å². The van der Waals surface area contributed by atoms with Crippen LogP contribution in [0.1, 0.15) is 11.3 Å². The molecule has 7 heteroatoms. The first-order valence-corrected chi connectivity index (χ1v) is 9.15. The van der Waals surface area contributed by atoms with Crippen molar-refractivity contribution >= 4 is 41.2 Å². The van der Waals surface area contributed by atoms with Crippen molar-refractivity contribution in [2.45, 2.75) is 6.92 Å². The number of urea groups is 1. The summed E-state index contributed by atoms with van der Waals surface area (Å²) in [6.45, 7) is 1.84. The molecule has 2 aromatic carbocycles. The average molecular weight is 407 g/mol. The van der Waals surface area contributed by atoms with Crippen LogP contribution in [0.15, 0.2) is 70.7 Å². The number of nitrogens with zero attached hydrogens (tertiary/aromatic N) is 1. The number of nitrogens with one attached hydrogen (secondary N) is 1. The van der Waals surface area contributed by atoms with E-state index in [2.05, 4.69) is 5.32 Å². The fourth-order valence-corrected chi connectivity index (χ4v) is 3.27. The molecule has 0 saturated carbocycles. The zero-order chi connectivity index (χ0) is 20.5. The van der Waals surface area contributed by atoms with E-state index in [0.717, 1.165) is 10.5 Å². The Morgan fingerprint density at radius 2 is 1.79 bits per heavy atom. The van der Waals surface area contributed by atoms with E-state index in [4.69, 9.17) is 16.0 Å². The van der Waals surface area contributed by atoms with Gasteiger partial charge in [-0.05, 0) is 55.0 Å². The van der Waals surface area contributed by atoms with Crippen molar-refractivity contribution in [3.05, 3.63) is 82.6 Å². The highest BCUT2D eigenvalue weighted by molar-refractivity contribution is 6.39. The van der Waals surface area contributed by atoms with Gasteiger partial charge in [-0.1, -0.05) is 35.9 Å². The molecular formula is C22H15ClN2O4. The Balaban J connectivity index is 1.70. The van der Waals surface area contributed by atoms with Crippen molar-refractivity contribution in [2.24, 2.45) is 0 Å². The van der Waals surface area contributed by atoms with Crippen LogP contribution in [0.25, 0.3) is 17.4 Å². The van der Waals surface area contributed by atoms with E-state index in [1.54, 1.807) is 48.5 Å². The highest BCUT2D eigenvalue weighted by Crippen LogP contribution is 2.30. The maximum Gasteiger partial charge on any atom is 0.335 e. The Kier molecular flexibility index (Phi) is 4.78. The summed E-state index contributed by atoms with van der Waals surface area (Å²) in [7, 11) is 0. The number of rotatable bonds is 3. The molecule has 0 radical (unpaired) electrons. The molecule has 1 aliphatic heterocycles. The second-order valence-electron chi connectivity index (χ2n) is 6.48. The molecule has 29 heavy (non-hydrogen) atoms. The summed E-state index contributed by atoms with van der Waals surface area (Å²) in [6, 6.07) is 16.6. The van der Waals surface area contributed by atoms with Crippen LogP contribution in [0.3, 0.4) is 0 Å². The van der Waals surface area contributed by atoms with Crippen molar-refractivity contribution < 1.29 is 18.8 Å². The van der Waals surface area contributed by atoms with Crippen molar-refractivity contribution in [1.29, 1.82) is 0 Å². The van der Waals surface area contributed by atoms with Crippen LogP contribution in [0, 0.1) is 6.92 Å². The third-order valence-corrected chi connectivity index (χ3v) is 4.74. The van der Waals surface area contributed by atoms with E-state index >= 15 is 0 Å². The zero-order valence-corrected chi connectivity index (χ0v) is 16.1. The average Bonchev–Trinajstić information content (AvgIpc) is 3.14. The van der Waals surface area contributed by atoms with E-state index < -0.39 is 17.8 Å². The van der Waals surface area contributed by atoms with Crippen LogP contribution in [0.4, 0.5) is 10.5 Å². The molecule has 144 valence electrons. The topological polar surface area (TPSA) is 79.6 Å². The molecule has 4 rings (SSSR count). The van der Waals surface area contributed by atoms with Crippen molar-refractivity contribution in [2.75, 3.05) is 4.90 Å². The van der Waals surface area contributed by atoms with Gasteiger partial charge in [-0.25, -0.2) is 9.69 Å². The largest absolute Gasteiger partial charge is 0.457 e. The van der Waals surface area contributed by atoms with Crippen LogP contribution in [0.5, 0.6) is 0 Å². The number of hydrogen-bond acceptors (Lipinski definition) is 4. The highest BCUT2D eigenvalue weighted by atomic mass is 35.5. The summed E-state index contributed by atoms with van der Waals surface area (Å²) in [5.41, 5.74) is 1.74. The maximum absolute atomic E-state index is 12.9. The van der Waals surface area contributed by atoms with Gasteiger partial charge in [0.05, 0.1) is 10.7 Å². The number of anilines is 1. The molecule has 1 fully saturated rings. The minimum atomic E-state index is -0.793. The van der Waals surface area contributed by atoms with Gasteiger partial charge in [-0.3, -0.25) is 14.9 Å². The summed E-state index contributed by atoms with van der Waals surface area (Å²) >= 11 is 6.18. The molecule has 1 N–H and O–H groups in total. The van der Waals surface area contributed by atoms with Crippen LogP contribution in [-0.2, 0) is 9.59 Å². The first-order valence-electron chi connectivity index (χ1n) is 8.77. The van der Waals surface area contributed by atoms with Gasteiger partial charge in [0.25, 0.3) is 11.8 Å². The smallest absolute Gasteiger partial charge is 0.335 e. The van der Waals surface area contributed by atoms with Gasteiger partial charge in [-0.2, -0.15) is 0 Å². The molecule has 2 heterocycles. The van der Waals surface area contributed by atoms with E-state index in [1.165, 1.54) is 6.08 Å². The predicted molar refractivity (Wildman–Crippen MR) is 109 cm³/mol. The molecule has 0 aliphatic carbocycles. The number of hydrogen-bond donors (Lipinski definition) is 1. The Hall–Kier alpha value is -3.64. The first kappa shape index (κ1) is 18.7. The fourth-order valence-electron chi connectivity index (χ4n) is 3.04. The molecule has 0 spiro atoms. The van der Waals surface area contributed by atoms with Gasteiger partial charge >= 0.3 is 6.03 Å². The van der Waals surface area contributed by atoms with Gasteiger partial charge in [0, 0.05) is 5.56 Å². The first-order chi connectivity index (χ1) is 13.9. The molecule has 3 aromatic rings. The van der Waals surface area contributed by atoms with E-state index in [9.17, 15) is 14.4 Å². The number of imide groups is 2. The number of furan rings is 1. The van der Waals surface area contributed by atoms with Gasteiger partial charge in [-0.15, -0.1) is 0 Å². The number of carbonyl (C=O) groups is 3. The third-order valence-electron chi connectivity index (χ3n) is 4.41. The molecule has 6 nitrogen and oxygen atoms in total. The number of halogens is 1. The SMILES string of the molecule is Cc1cccc(N2C(=O)NC(=O)/C(=C\c3ccc(-c4ccccc4Cl)o3)C2=O)c1. The van der Waals surface area contributed by atoms with Crippen molar-refractivity contribution in [3.8, 4) is 11.3 Å². The zero-order valence-electron chi connectivity index (χ0n) is 15.3. The van der Waals surface area contributed by atoms with E-state index in [0.29, 0.717) is 22.0 Å². The lowest BCUT2D eigenvalue weighted by Crippen LogP contribution is -2.54.